The smallest absolute Gasteiger partial charge is 0.370 e. The number of nitrogens with two attached hydrogens (primary N) is 1. The fourth-order valence-electron chi connectivity index (χ4n) is 2.17. The van der Waals surface area contributed by atoms with E-state index in [1.165, 1.54) is 13.8 Å². The van der Waals surface area contributed by atoms with Gasteiger partial charge in [-0.3, -0.25) is 9.35 Å². The molecule has 0 radical (unpaired) electrons. The number of rotatable bonds is 8. The van der Waals surface area contributed by atoms with Crippen LogP contribution < -0.4 is 5.73 Å². The number of ether oxygens (including phenoxy) is 1. The van der Waals surface area contributed by atoms with Gasteiger partial charge in [0.1, 0.15) is 0 Å². The highest BCUT2D eigenvalue weighted by Crippen LogP contribution is 2.37. The molecule has 0 aliphatic rings. The molecule has 0 spiro atoms. The molecule has 6 nitrogen and oxygen atoms in total. The minimum Gasteiger partial charge on any atom is -0.370 e. The average molecular weight is 389 g/mol. The minimum atomic E-state index is -5.74. The van der Waals surface area contributed by atoms with E-state index in [2.05, 4.69) is 4.74 Å². The van der Waals surface area contributed by atoms with Gasteiger partial charge >= 0.3 is 12.4 Å². The number of halogens is 6. The molecule has 1 unspecified atom stereocenters. The number of hydrogen-bond donors (Lipinski definition) is 2. The quantitative estimate of drug-likeness (QED) is 0.488. The van der Waals surface area contributed by atoms with E-state index in [9.17, 15) is 39.6 Å². The Morgan fingerprint density at radius 2 is 1.54 bits per heavy atom. The van der Waals surface area contributed by atoms with Crippen LogP contribution >= 0.6 is 0 Å². The normalized spacial score (nSPS) is 15.6. The number of hydrogen-bond acceptors (Lipinski definition) is 4. The van der Waals surface area contributed by atoms with Crippen LogP contribution in [0.4, 0.5) is 26.3 Å². The number of carbonyl (C=O) groups excluding carboxylic acids is 1. The molecule has 0 aromatic rings. The number of amides is 1. The molecule has 0 aliphatic heterocycles. The second kappa shape index (κ2) is 7.44. The van der Waals surface area contributed by atoms with Crippen molar-refractivity contribution in [2.75, 3.05) is 6.61 Å². The van der Waals surface area contributed by atoms with Crippen molar-refractivity contribution in [3.63, 3.8) is 0 Å². The van der Waals surface area contributed by atoms with E-state index in [0.717, 1.165) is 0 Å². The van der Waals surface area contributed by atoms with E-state index in [0.29, 0.717) is 0 Å². The molecular weight excluding hydrogens is 372 g/mol. The first-order valence-electron chi connectivity index (χ1n) is 6.38. The van der Waals surface area contributed by atoms with Crippen LogP contribution in [0, 0.1) is 5.41 Å². The summed E-state index contributed by atoms with van der Waals surface area (Å²) < 4.78 is 109. The van der Waals surface area contributed by atoms with E-state index in [4.69, 9.17) is 10.3 Å². The zero-order valence-corrected chi connectivity index (χ0v) is 13.4. The maximum atomic E-state index is 12.3. The molecule has 13 heteroatoms. The Labute approximate surface area is 134 Å². The molecule has 1 atom stereocenters. The van der Waals surface area contributed by atoms with Crippen LogP contribution in [0.3, 0.4) is 0 Å². The molecule has 24 heavy (non-hydrogen) atoms. The summed E-state index contributed by atoms with van der Waals surface area (Å²) >= 11 is 0. The van der Waals surface area contributed by atoms with Crippen LogP contribution in [-0.4, -0.2) is 49.2 Å². The lowest BCUT2D eigenvalue weighted by Gasteiger charge is -2.31. The van der Waals surface area contributed by atoms with Crippen molar-refractivity contribution in [3.05, 3.63) is 0 Å². The molecule has 144 valence electrons. The van der Waals surface area contributed by atoms with Gasteiger partial charge in [0, 0.05) is 13.0 Å². The lowest BCUT2D eigenvalue weighted by Crippen LogP contribution is -2.45. The Hall–Kier alpha value is -1.08. The third-order valence-corrected chi connectivity index (χ3v) is 4.71. The minimum absolute atomic E-state index is 0.570. The Bertz CT molecular complexity index is 528. The number of primary amides is 1. The lowest BCUT2D eigenvalue weighted by atomic mass is 9.83. The van der Waals surface area contributed by atoms with Crippen LogP contribution in [0.5, 0.6) is 0 Å². The Balaban J connectivity index is 5.20. The molecule has 0 saturated heterocycles. The van der Waals surface area contributed by atoms with Crippen molar-refractivity contribution >= 4 is 16.0 Å². The van der Waals surface area contributed by atoms with E-state index in [1.807, 2.05) is 0 Å². The zero-order chi connectivity index (χ0) is 19.6. The van der Waals surface area contributed by atoms with Crippen molar-refractivity contribution in [1.29, 1.82) is 0 Å². The van der Waals surface area contributed by atoms with Crippen molar-refractivity contribution in [2.24, 2.45) is 11.1 Å². The average Bonchev–Trinajstić information content (AvgIpc) is 2.20. The molecular formula is C11H17F6NO5S. The molecule has 3 N–H and O–H groups in total. The van der Waals surface area contributed by atoms with Gasteiger partial charge in [0.25, 0.3) is 10.1 Å². The summed E-state index contributed by atoms with van der Waals surface area (Å²) in [5.41, 5.74) is 3.37. The first-order valence-corrected chi connectivity index (χ1v) is 7.89. The molecule has 0 aromatic carbocycles. The number of carbonyl (C=O) groups is 1. The Morgan fingerprint density at radius 1 is 1.12 bits per heavy atom. The van der Waals surface area contributed by atoms with Gasteiger partial charge in [-0.1, -0.05) is 13.8 Å². The van der Waals surface area contributed by atoms with Crippen molar-refractivity contribution in [1.82, 2.24) is 0 Å². The first kappa shape index (κ1) is 22.9. The summed E-state index contributed by atoms with van der Waals surface area (Å²) in [6.45, 7) is 1.07. The second-order valence-electron chi connectivity index (χ2n) is 5.76. The summed E-state index contributed by atoms with van der Waals surface area (Å²) in [5.74, 6) is -0.960. The Morgan fingerprint density at radius 3 is 1.83 bits per heavy atom. The lowest BCUT2D eigenvalue weighted by molar-refractivity contribution is -0.321. The largest absolute Gasteiger partial charge is 0.423 e. The number of alkyl halides is 6. The molecule has 0 rings (SSSR count). The van der Waals surface area contributed by atoms with Crippen LogP contribution in [0.2, 0.25) is 0 Å². The highest BCUT2D eigenvalue weighted by atomic mass is 32.2. The molecule has 0 aliphatic carbocycles. The van der Waals surface area contributed by atoms with Gasteiger partial charge in [-0.15, -0.1) is 0 Å². The second-order valence-corrected chi connectivity index (χ2v) is 7.36. The standard InChI is InChI=1S/C11H17F6NO5S/c1-9(2,5-7(18)19)6(24(20,21)22)3-4-23-8(10(12,13)14)11(15,16)17/h6,8H,3-5H2,1-2H3,(H2,18,19)(H,20,21,22). The Kier molecular flexibility index (Phi) is 7.10. The highest BCUT2D eigenvalue weighted by Gasteiger charge is 2.58. The molecule has 0 fully saturated rings. The van der Waals surface area contributed by atoms with Crippen molar-refractivity contribution in [2.45, 2.75) is 50.4 Å². The summed E-state index contributed by atoms with van der Waals surface area (Å²) in [6, 6.07) is 0. The summed E-state index contributed by atoms with van der Waals surface area (Å²) in [7, 11) is -4.89. The maximum absolute atomic E-state index is 12.3. The third kappa shape index (κ3) is 7.21. The van der Waals surface area contributed by atoms with Crippen molar-refractivity contribution < 1.29 is 48.8 Å². The van der Waals surface area contributed by atoms with Gasteiger partial charge in [-0.25, -0.2) is 0 Å². The van der Waals surface area contributed by atoms with E-state index in [-0.39, 0.29) is 0 Å². The van der Waals surface area contributed by atoms with Gasteiger partial charge < -0.3 is 10.5 Å². The van der Waals surface area contributed by atoms with Crippen LogP contribution in [0.25, 0.3) is 0 Å². The van der Waals surface area contributed by atoms with Gasteiger partial charge in [-0.2, -0.15) is 34.8 Å². The van der Waals surface area contributed by atoms with E-state index >= 15 is 0 Å². The SMILES string of the molecule is CC(C)(CC(N)=O)C(CCOC(C(F)(F)F)C(F)(F)F)S(=O)(=O)O. The molecule has 0 aromatic heterocycles. The highest BCUT2D eigenvalue weighted by molar-refractivity contribution is 7.86. The maximum Gasteiger partial charge on any atom is 0.423 e. The predicted molar refractivity (Wildman–Crippen MR) is 69.4 cm³/mol. The third-order valence-electron chi connectivity index (χ3n) is 3.12. The molecule has 0 heterocycles. The van der Waals surface area contributed by atoms with Crippen LogP contribution in [-0.2, 0) is 19.6 Å². The van der Waals surface area contributed by atoms with Gasteiger partial charge in [0.2, 0.25) is 12.0 Å². The molecule has 1 amide bonds. The fraction of sp³-hybridized carbons (Fsp3) is 0.909. The van der Waals surface area contributed by atoms with Crippen molar-refractivity contribution in [3.8, 4) is 0 Å². The van der Waals surface area contributed by atoms with Crippen LogP contribution in [0.15, 0.2) is 0 Å². The monoisotopic (exact) mass is 389 g/mol. The zero-order valence-electron chi connectivity index (χ0n) is 12.6. The van der Waals surface area contributed by atoms with Crippen LogP contribution in [0.1, 0.15) is 26.7 Å². The van der Waals surface area contributed by atoms with Gasteiger partial charge in [-0.05, 0) is 11.8 Å². The van der Waals surface area contributed by atoms with Gasteiger partial charge in [0.05, 0.1) is 5.25 Å². The predicted octanol–water partition coefficient (Wildman–Crippen LogP) is 2.04. The fourth-order valence-corrected chi connectivity index (χ4v) is 3.46. The van der Waals surface area contributed by atoms with Gasteiger partial charge in [0.15, 0.2) is 0 Å². The van der Waals surface area contributed by atoms with E-state index < -0.39 is 64.6 Å². The van der Waals surface area contributed by atoms with E-state index in [1.54, 1.807) is 0 Å². The molecule has 0 bridgehead atoms. The molecule has 0 saturated carbocycles. The first-order chi connectivity index (χ1) is 10.4. The summed E-state index contributed by atoms with van der Waals surface area (Å²) in [5, 5.41) is -1.85. The summed E-state index contributed by atoms with van der Waals surface area (Å²) in [6.07, 6.45) is -17.0. The summed E-state index contributed by atoms with van der Waals surface area (Å²) in [4.78, 5) is 10.9. The topological polar surface area (TPSA) is 107 Å².